The van der Waals surface area contributed by atoms with Crippen LogP contribution in [-0.4, -0.2) is 29.6 Å². The van der Waals surface area contributed by atoms with Crippen molar-refractivity contribution in [3.8, 4) is 5.75 Å². The SMILES string of the molecule is COc1cccc([C@@H]2CCN2C(=O)Nc2c(C)cc(C)nc2C)c1. The lowest BCUT2D eigenvalue weighted by Crippen LogP contribution is -2.47. The van der Waals surface area contributed by atoms with Crippen molar-refractivity contribution in [1.82, 2.24) is 9.88 Å². The van der Waals surface area contributed by atoms with E-state index in [9.17, 15) is 4.79 Å². The lowest BCUT2D eigenvalue weighted by molar-refractivity contribution is 0.126. The monoisotopic (exact) mass is 325 g/mol. The van der Waals surface area contributed by atoms with Gasteiger partial charge in [-0.3, -0.25) is 4.98 Å². The molecule has 2 amide bonds. The largest absolute Gasteiger partial charge is 0.497 e. The number of carbonyl (C=O) groups excluding carboxylic acids is 1. The summed E-state index contributed by atoms with van der Waals surface area (Å²) in [6.07, 6.45) is 0.963. The number of carbonyl (C=O) groups is 1. The van der Waals surface area contributed by atoms with Crippen LogP contribution in [-0.2, 0) is 0 Å². The predicted molar refractivity (Wildman–Crippen MR) is 94.5 cm³/mol. The molecule has 5 nitrogen and oxygen atoms in total. The molecule has 0 saturated carbocycles. The van der Waals surface area contributed by atoms with Crippen LogP contribution in [0, 0.1) is 20.8 Å². The first-order chi connectivity index (χ1) is 11.5. The molecule has 24 heavy (non-hydrogen) atoms. The van der Waals surface area contributed by atoms with Crippen LogP contribution in [0.15, 0.2) is 30.3 Å². The highest BCUT2D eigenvalue weighted by Gasteiger charge is 2.34. The molecule has 1 aromatic carbocycles. The number of hydrogen-bond acceptors (Lipinski definition) is 3. The number of hydrogen-bond donors (Lipinski definition) is 1. The lowest BCUT2D eigenvalue weighted by atomic mass is 9.95. The summed E-state index contributed by atoms with van der Waals surface area (Å²) < 4.78 is 5.28. The van der Waals surface area contributed by atoms with Gasteiger partial charge in [-0.25, -0.2) is 4.79 Å². The summed E-state index contributed by atoms with van der Waals surface area (Å²) in [5.74, 6) is 0.814. The Hall–Kier alpha value is -2.56. The van der Waals surface area contributed by atoms with Crippen LogP contribution in [0.2, 0.25) is 0 Å². The number of amides is 2. The summed E-state index contributed by atoms with van der Waals surface area (Å²) in [7, 11) is 1.65. The van der Waals surface area contributed by atoms with Crippen LogP contribution in [0.1, 0.15) is 35.0 Å². The minimum absolute atomic E-state index is 0.0778. The molecule has 2 aromatic rings. The van der Waals surface area contributed by atoms with Gasteiger partial charge in [0, 0.05) is 12.2 Å². The number of nitrogens with zero attached hydrogens (tertiary/aromatic N) is 2. The van der Waals surface area contributed by atoms with Crippen molar-refractivity contribution in [2.75, 3.05) is 19.0 Å². The van der Waals surface area contributed by atoms with Gasteiger partial charge in [-0.2, -0.15) is 0 Å². The van der Waals surface area contributed by atoms with E-state index in [0.29, 0.717) is 0 Å². The van der Waals surface area contributed by atoms with Gasteiger partial charge in [0.25, 0.3) is 0 Å². The van der Waals surface area contributed by atoms with E-state index in [1.54, 1.807) is 7.11 Å². The van der Waals surface area contributed by atoms with Crippen molar-refractivity contribution < 1.29 is 9.53 Å². The summed E-state index contributed by atoms with van der Waals surface area (Å²) in [5.41, 5.74) is 4.75. The van der Waals surface area contributed by atoms with Gasteiger partial charge in [-0.15, -0.1) is 0 Å². The highest BCUT2D eigenvalue weighted by Crippen LogP contribution is 2.35. The molecule has 0 aliphatic carbocycles. The molecule has 1 aliphatic rings. The highest BCUT2D eigenvalue weighted by molar-refractivity contribution is 5.91. The number of rotatable bonds is 3. The Morgan fingerprint density at radius 3 is 2.71 bits per heavy atom. The third kappa shape index (κ3) is 3.07. The van der Waals surface area contributed by atoms with Crippen LogP contribution in [0.4, 0.5) is 10.5 Å². The van der Waals surface area contributed by atoms with Crippen molar-refractivity contribution in [1.29, 1.82) is 0 Å². The minimum atomic E-state index is -0.0778. The summed E-state index contributed by atoms with van der Waals surface area (Å²) in [6, 6.07) is 9.91. The first kappa shape index (κ1) is 16.3. The van der Waals surface area contributed by atoms with Gasteiger partial charge >= 0.3 is 6.03 Å². The van der Waals surface area contributed by atoms with Crippen LogP contribution >= 0.6 is 0 Å². The summed E-state index contributed by atoms with van der Waals surface area (Å²) in [6.45, 7) is 6.63. The number of urea groups is 1. The summed E-state index contributed by atoms with van der Waals surface area (Å²) >= 11 is 0. The summed E-state index contributed by atoms with van der Waals surface area (Å²) in [5, 5.41) is 3.03. The van der Waals surface area contributed by atoms with E-state index < -0.39 is 0 Å². The van der Waals surface area contributed by atoms with E-state index >= 15 is 0 Å². The normalized spacial score (nSPS) is 16.5. The number of benzene rings is 1. The number of likely N-dealkylation sites (tertiary alicyclic amines) is 1. The van der Waals surface area contributed by atoms with E-state index in [4.69, 9.17) is 4.74 Å². The topological polar surface area (TPSA) is 54.5 Å². The fourth-order valence-corrected chi connectivity index (χ4v) is 3.22. The van der Waals surface area contributed by atoms with Crippen molar-refractivity contribution in [2.24, 2.45) is 0 Å². The highest BCUT2D eigenvalue weighted by atomic mass is 16.5. The molecule has 1 atom stereocenters. The second kappa shape index (κ2) is 6.51. The third-order valence-electron chi connectivity index (χ3n) is 4.52. The molecule has 2 heterocycles. The maximum atomic E-state index is 12.7. The standard InChI is InChI=1S/C19H23N3O2/c1-12-10-13(2)20-14(3)18(12)21-19(23)22-9-8-17(22)15-6-5-7-16(11-15)24-4/h5-7,10-11,17H,8-9H2,1-4H3,(H,21,23)/t17-/m0/s1. The molecule has 1 N–H and O–H groups in total. The van der Waals surface area contributed by atoms with Gasteiger partial charge in [0.15, 0.2) is 0 Å². The Kier molecular flexibility index (Phi) is 4.42. The third-order valence-corrected chi connectivity index (χ3v) is 4.52. The first-order valence-electron chi connectivity index (χ1n) is 8.16. The van der Waals surface area contributed by atoms with Crippen LogP contribution < -0.4 is 10.1 Å². The molecule has 3 rings (SSSR count). The van der Waals surface area contributed by atoms with Gasteiger partial charge in [-0.1, -0.05) is 12.1 Å². The number of methoxy groups -OCH3 is 1. The molecule has 126 valence electrons. The fraction of sp³-hybridized carbons (Fsp3) is 0.368. The maximum Gasteiger partial charge on any atom is 0.322 e. The molecule has 0 radical (unpaired) electrons. The number of pyridine rings is 1. The van der Waals surface area contributed by atoms with E-state index in [2.05, 4.69) is 10.3 Å². The number of aromatic nitrogens is 1. The number of anilines is 1. The van der Waals surface area contributed by atoms with Crippen molar-refractivity contribution in [2.45, 2.75) is 33.2 Å². The van der Waals surface area contributed by atoms with E-state index in [0.717, 1.165) is 46.9 Å². The predicted octanol–water partition coefficient (Wildman–Crippen LogP) is 3.99. The second-order valence-corrected chi connectivity index (χ2v) is 6.25. The Morgan fingerprint density at radius 2 is 2.08 bits per heavy atom. The molecule has 5 heteroatoms. The zero-order valence-electron chi connectivity index (χ0n) is 14.6. The summed E-state index contributed by atoms with van der Waals surface area (Å²) in [4.78, 5) is 19.0. The number of aryl methyl sites for hydroxylation is 3. The van der Waals surface area contributed by atoms with Gasteiger partial charge in [-0.05, 0) is 56.5 Å². The smallest absolute Gasteiger partial charge is 0.322 e. The van der Waals surface area contributed by atoms with Gasteiger partial charge < -0.3 is 15.0 Å². The maximum absolute atomic E-state index is 12.7. The van der Waals surface area contributed by atoms with Crippen molar-refractivity contribution in [3.63, 3.8) is 0 Å². The molecule has 1 saturated heterocycles. The Morgan fingerprint density at radius 1 is 1.29 bits per heavy atom. The van der Waals surface area contributed by atoms with Gasteiger partial charge in [0.2, 0.25) is 0 Å². The van der Waals surface area contributed by atoms with E-state index in [-0.39, 0.29) is 12.1 Å². The van der Waals surface area contributed by atoms with Gasteiger partial charge in [0.05, 0.1) is 24.5 Å². The zero-order chi connectivity index (χ0) is 17.3. The second-order valence-electron chi connectivity index (χ2n) is 6.25. The quantitative estimate of drug-likeness (QED) is 0.928. The Bertz CT molecular complexity index is 750. The molecule has 0 bridgehead atoms. The van der Waals surface area contributed by atoms with Crippen LogP contribution in [0.3, 0.4) is 0 Å². The first-order valence-corrected chi connectivity index (χ1v) is 8.16. The Labute approximate surface area is 142 Å². The zero-order valence-corrected chi connectivity index (χ0v) is 14.6. The van der Waals surface area contributed by atoms with Gasteiger partial charge in [0.1, 0.15) is 5.75 Å². The number of ether oxygens (including phenoxy) is 1. The van der Waals surface area contributed by atoms with Crippen molar-refractivity contribution in [3.05, 3.63) is 52.8 Å². The molecule has 0 spiro atoms. The minimum Gasteiger partial charge on any atom is -0.497 e. The van der Waals surface area contributed by atoms with Crippen LogP contribution in [0.25, 0.3) is 0 Å². The van der Waals surface area contributed by atoms with Crippen LogP contribution in [0.5, 0.6) is 5.75 Å². The average Bonchev–Trinajstić information content (AvgIpc) is 2.50. The van der Waals surface area contributed by atoms with E-state index in [1.165, 1.54) is 0 Å². The molecule has 1 fully saturated rings. The number of nitrogens with one attached hydrogen (secondary N) is 1. The Balaban J connectivity index is 1.76. The molecule has 1 aliphatic heterocycles. The van der Waals surface area contributed by atoms with Crippen molar-refractivity contribution >= 4 is 11.7 Å². The lowest BCUT2D eigenvalue weighted by Gasteiger charge is -2.41. The van der Waals surface area contributed by atoms with E-state index in [1.807, 2.05) is 56.0 Å². The molecule has 0 unspecified atom stereocenters. The average molecular weight is 325 g/mol. The molecular weight excluding hydrogens is 302 g/mol. The molecular formula is C19H23N3O2. The molecule has 1 aromatic heterocycles. The fourth-order valence-electron chi connectivity index (χ4n) is 3.22.